The van der Waals surface area contributed by atoms with E-state index in [0.717, 1.165) is 0 Å². The van der Waals surface area contributed by atoms with Gasteiger partial charge in [0, 0.05) is 16.7 Å². The molecule has 1 N–H and O–H groups in total. The van der Waals surface area contributed by atoms with E-state index < -0.39 is 0 Å². The molecule has 0 saturated carbocycles. The fraction of sp³-hybridized carbons (Fsp3) is 0.200. The van der Waals surface area contributed by atoms with Gasteiger partial charge in [0.15, 0.2) is 0 Å². The highest BCUT2D eigenvalue weighted by Gasteiger charge is 2.27. The maximum absolute atomic E-state index is 3.83. The molecule has 0 amide bonds. The van der Waals surface area contributed by atoms with E-state index in [4.69, 9.17) is 0 Å². The van der Waals surface area contributed by atoms with E-state index in [1.807, 2.05) is 0 Å². The summed E-state index contributed by atoms with van der Waals surface area (Å²) < 4.78 is 0. The number of anilines is 2. The van der Waals surface area contributed by atoms with Crippen molar-refractivity contribution in [1.82, 2.24) is 0 Å². The summed E-state index contributed by atoms with van der Waals surface area (Å²) in [5.41, 5.74) is 5.49. The molecule has 4 aromatic rings. The molecule has 0 saturated heterocycles. The van der Waals surface area contributed by atoms with Gasteiger partial charge in [0.1, 0.15) is 0 Å². The van der Waals surface area contributed by atoms with Gasteiger partial charge in [-0.1, -0.05) is 92.6 Å². The highest BCUT2D eigenvalue weighted by atomic mass is 14.9. The first-order valence-corrected chi connectivity index (χ1v) is 9.67. The Morgan fingerprint density at radius 1 is 0.692 bits per heavy atom. The lowest BCUT2D eigenvalue weighted by molar-refractivity contribution is 0.650. The predicted octanol–water partition coefficient (Wildman–Crippen LogP) is 7.37. The van der Waals surface area contributed by atoms with Gasteiger partial charge in [-0.15, -0.1) is 0 Å². The van der Waals surface area contributed by atoms with E-state index in [1.165, 1.54) is 63.3 Å². The van der Waals surface area contributed by atoms with Crippen molar-refractivity contribution in [3.05, 3.63) is 83.9 Å². The third kappa shape index (κ3) is 2.31. The SMILES string of the molecule is CCCCC1c2ccc3ccccc3c2Nc2c1ccc1ccccc21. The number of fused-ring (bicyclic) bond motifs is 6. The molecule has 1 heterocycles. The van der Waals surface area contributed by atoms with Crippen LogP contribution in [0.4, 0.5) is 11.4 Å². The van der Waals surface area contributed by atoms with E-state index in [9.17, 15) is 0 Å². The molecule has 0 bridgehead atoms. The highest BCUT2D eigenvalue weighted by Crippen LogP contribution is 2.48. The Morgan fingerprint density at radius 2 is 1.23 bits per heavy atom. The van der Waals surface area contributed by atoms with Gasteiger partial charge >= 0.3 is 0 Å². The van der Waals surface area contributed by atoms with Crippen LogP contribution in [0.1, 0.15) is 43.2 Å². The van der Waals surface area contributed by atoms with Gasteiger partial charge in [0.2, 0.25) is 0 Å². The molecule has 1 aliphatic rings. The van der Waals surface area contributed by atoms with E-state index in [0.29, 0.717) is 5.92 Å². The van der Waals surface area contributed by atoms with E-state index in [1.54, 1.807) is 0 Å². The minimum atomic E-state index is 0.468. The van der Waals surface area contributed by atoms with Crippen molar-refractivity contribution in [2.24, 2.45) is 0 Å². The van der Waals surface area contributed by atoms with Crippen LogP contribution in [0, 0.1) is 0 Å². The number of nitrogens with one attached hydrogen (secondary N) is 1. The summed E-state index contributed by atoms with van der Waals surface area (Å²) in [6, 6.07) is 26.7. The molecule has 26 heavy (non-hydrogen) atoms. The van der Waals surface area contributed by atoms with Crippen LogP contribution < -0.4 is 5.32 Å². The molecule has 4 aromatic carbocycles. The lowest BCUT2D eigenvalue weighted by Crippen LogP contribution is -2.14. The van der Waals surface area contributed by atoms with Gasteiger partial charge < -0.3 is 5.32 Å². The molecule has 128 valence electrons. The number of hydrogen-bond acceptors (Lipinski definition) is 1. The van der Waals surface area contributed by atoms with Crippen LogP contribution in [-0.4, -0.2) is 0 Å². The van der Waals surface area contributed by atoms with Crippen LogP contribution in [0.15, 0.2) is 72.8 Å². The Morgan fingerprint density at radius 3 is 1.77 bits per heavy atom. The molecule has 0 aliphatic carbocycles. The lowest BCUT2D eigenvalue weighted by Gasteiger charge is -2.31. The second kappa shape index (κ2) is 6.17. The third-order valence-corrected chi connectivity index (χ3v) is 5.77. The first-order chi connectivity index (χ1) is 12.9. The average molecular weight is 337 g/mol. The smallest absolute Gasteiger partial charge is 0.0502 e. The minimum absolute atomic E-state index is 0.468. The summed E-state index contributed by atoms with van der Waals surface area (Å²) in [5, 5.41) is 9.09. The first-order valence-electron chi connectivity index (χ1n) is 9.67. The van der Waals surface area contributed by atoms with Crippen LogP contribution in [-0.2, 0) is 0 Å². The quantitative estimate of drug-likeness (QED) is 0.411. The van der Waals surface area contributed by atoms with Crippen molar-refractivity contribution in [2.75, 3.05) is 5.32 Å². The Hall–Kier alpha value is -2.80. The zero-order valence-electron chi connectivity index (χ0n) is 15.1. The average Bonchev–Trinajstić information content (AvgIpc) is 2.71. The summed E-state index contributed by atoms with van der Waals surface area (Å²) in [7, 11) is 0. The standard InChI is InChI=1S/C25H23N/c1-2-3-10-21-22-15-13-17-8-4-6-11-19(17)24(22)26-25-20-12-7-5-9-18(20)14-16-23(21)25/h4-9,11-16,21,26H,2-3,10H2,1H3. The van der Waals surface area contributed by atoms with E-state index >= 15 is 0 Å². The van der Waals surface area contributed by atoms with Gasteiger partial charge in [-0.3, -0.25) is 0 Å². The zero-order valence-corrected chi connectivity index (χ0v) is 15.1. The molecule has 1 nitrogen and oxygen atoms in total. The summed E-state index contributed by atoms with van der Waals surface area (Å²) in [5.74, 6) is 0.468. The molecular weight excluding hydrogens is 314 g/mol. The van der Waals surface area contributed by atoms with Gasteiger partial charge in [-0.25, -0.2) is 0 Å². The molecule has 1 aliphatic heterocycles. The molecule has 0 fully saturated rings. The van der Waals surface area contributed by atoms with Gasteiger partial charge in [-0.05, 0) is 28.3 Å². The number of benzene rings is 4. The number of unbranched alkanes of at least 4 members (excludes halogenated alkanes) is 1. The summed E-state index contributed by atoms with van der Waals surface area (Å²) in [6.07, 6.45) is 3.69. The van der Waals surface area contributed by atoms with Crippen molar-refractivity contribution in [3.63, 3.8) is 0 Å². The normalized spacial score (nSPS) is 13.4. The maximum atomic E-state index is 3.83. The van der Waals surface area contributed by atoms with Gasteiger partial charge in [0.05, 0.1) is 11.4 Å². The van der Waals surface area contributed by atoms with Gasteiger partial charge in [-0.2, -0.15) is 0 Å². The minimum Gasteiger partial charge on any atom is -0.354 e. The van der Waals surface area contributed by atoms with Crippen LogP contribution in [0.5, 0.6) is 0 Å². The number of rotatable bonds is 3. The molecule has 0 spiro atoms. The Labute approximate surface area is 154 Å². The van der Waals surface area contributed by atoms with Crippen molar-refractivity contribution < 1.29 is 0 Å². The molecule has 0 aromatic heterocycles. The molecule has 0 radical (unpaired) electrons. The fourth-order valence-electron chi connectivity index (χ4n) is 4.45. The lowest BCUT2D eigenvalue weighted by atomic mass is 9.80. The van der Waals surface area contributed by atoms with Gasteiger partial charge in [0.25, 0.3) is 0 Å². The molecular formula is C25H23N. The Bertz CT molecular complexity index is 1020. The predicted molar refractivity (Wildman–Crippen MR) is 113 cm³/mol. The molecule has 0 unspecified atom stereocenters. The second-order valence-electron chi connectivity index (χ2n) is 7.32. The second-order valence-corrected chi connectivity index (χ2v) is 7.32. The topological polar surface area (TPSA) is 12.0 Å². The molecule has 1 heteroatoms. The fourth-order valence-corrected chi connectivity index (χ4v) is 4.45. The van der Waals surface area contributed by atoms with Crippen molar-refractivity contribution >= 4 is 32.9 Å². The van der Waals surface area contributed by atoms with E-state index in [-0.39, 0.29) is 0 Å². The third-order valence-electron chi connectivity index (χ3n) is 5.77. The summed E-state index contributed by atoms with van der Waals surface area (Å²) in [6.45, 7) is 2.28. The maximum Gasteiger partial charge on any atom is 0.0502 e. The zero-order chi connectivity index (χ0) is 17.5. The summed E-state index contributed by atoms with van der Waals surface area (Å²) >= 11 is 0. The van der Waals surface area contributed by atoms with Crippen molar-refractivity contribution in [3.8, 4) is 0 Å². The Kier molecular flexibility index (Phi) is 3.67. The van der Waals surface area contributed by atoms with E-state index in [2.05, 4.69) is 85.0 Å². The summed E-state index contributed by atoms with van der Waals surface area (Å²) in [4.78, 5) is 0. The van der Waals surface area contributed by atoms with Crippen LogP contribution >= 0.6 is 0 Å². The first kappa shape index (κ1) is 15.5. The molecule has 0 atom stereocenters. The molecule has 5 rings (SSSR count). The monoisotopic (exact) mass is 337 g/mol. The largest absolute Gasteiger partial charge is 0.354 e. The van der Waals surface area contributed by atoms with Crippen LogP contribution in [0.2, 0.25) is 0 Å². The van der Waals surface area contributed by atoms with Crippen LogP contribution in [0.3, 0.4) is 0 Å². The van der Waals surface area contributed by atoms with Crippen LogP contribution in [0.25, 0.3) is 21.5 Å². The van der Waals surface area contributed by atoms with Crippen molar-refractivity contribution in [1.29, 1.82) is 0 Å². The Balaban J connectivity index is 1.79. The number of hydrogen-bond donors (Lipinski definition) is 1. The highest BCUT2D eigenvalue weighted by molar-refractivity contribution is 6.05. The van der Waals surface area contributed by atoms with Crippen molar-refractivity contribution in [2.45, 2.75) is 32.1 Å².